The second-order valence-electron chi connectivity index (χ2n) is 4.48. The maximum atomic E-state index is 5.27. The maximum Gasteiger partial charge on any atom is 0.119 e. The van der Waals surface area contributed by atoms with Gasteiger partial charge in [-0.3, -0.25) is 4.90 Å². The van der Waals surface area contributed by atoms with Gasteiger partial charge in [0.2, 0.25) is 0 Å². The molecule has 4 heteroatoms. The van der Waals surface area contributed by atoms with Crippen molar-refractivity contribution >= 4 is 15.9 Å². The molecule has 17 heavy (non-hydrogen) atoms. The van der Waals surface area contributed by atoms with E-state index < -0.39 is 0 Å². The normalized spacial score (nSPS) is 21.5. The van der Waals surface area contributed by atoms with E-state index in [1.54, 1.807) is 7.11 Å². The zero-order chi connectivity index (χ0) is 12.3. The van der Waals surface area contributed by atoms with Crippen molar-refractivity contribution in [2.24, 2.45) is 0 Å². The largest absolute Gasteiger partial charge is 0.497 e. The fraction of sp³-hybridized carbons (Fsp3) is 0.538. The highest BCUT2D eigenvalue weighted by molar-refractivity contribution is 9.10. The molecule has 0 saturated carbocycles. The molecular weight excluding hydrogens is 280 g/mol. The van der Waals surface area contributed by atoms with Crippen molar-refractivity contribution in [2.75, 3.05) is 26.7 Å². The second kappa shape index (κ2) is 5.85. The molecule has 1 atom stereocenters. The van der Waals surface area contributed by atoms with Gasteiger partial charge >= 0.3 is 0 Å². The molecule has 0 bridgehead atoms. The Bertz CT molecular complexity index is 384. The zero-order valence-electron chi connectivity index (χ0n) is 10.4. The molecule has 94 valence electrons. The first kappa shape index (κ1) is 12.9. The van der Waals surface area contributed by atoms with Crippen LogP contribution in [-0.4, -0.2) is 37.7 Å². The van der Waals surface area contributed by atoms with Crippen LogP contribution < -0.4 is 10.1 Å². The smallest absolute Gasteiger partial charge is 0.119 e. The van der Waals surface area contributed by atoms with Crippen molar-refractivity contribution in [1.29, 1.82) is 0 Å². The molecule has 1 aliphatic heterocycles. The summed E-state index contributed by atoms with van der Waals surface area (Å²) in [7, 11) is 1.71. The van der Waals surface area contributed by atoms with Crippen LogP contribution in [0.3, 0.4) is 0 Å². The van der Waals surface area contributed by atoms with E-state index in [9.17, 15) is 0 Å². The molecule has 1 aromatic carbocycles. The van der Waals surface area contributed by atoms with Gasteiger partial charge in [0.15, 0.2) is 0 Å². The molecule has 0 amide bonds. The van der Waals surface area contributed by atoms with E-state index in [1.165, 1.54) is 5.56 Å². The molecule has 0 radical (unpaired) electrons. The van der Waals surface area contributed by atoms with Crippen molar-refractivity contribution in [1.82, 2.24) is 10.2 Å². The van der Waals surface area contributed by atoms with E-state index in [2.05, 4.69) is 45.2 Å². The van der Waals surface area contributed by atoms with E-state index in [1.807, 2.05) is 6.07 Å². The van der Waals surface area contributed by atoms with E-state index in [-0.39, 0.29) is 0 Å². The van der Waals surface area contributed by atoms with Crippen LogP contribution in [0.4, 0.5) is 0 Å². The summed E-state index contributed by atoms with van der Waals surface area (Å²) >= 11 is 3.61. The standard InChI is InChI=1S/C13H19BrN2O/c1-10-8-15-5-6-16(10)9-11-7-12(17-2)3-4-13(11)14/h3-4,7,10,15H,5-6,8-9H2,1-2H3. The van der Waals surface area contributed by atoms with Crippen molar-refractivity contribution in [3.63, 3.8) is 0 Å². The molecule has 1 fully saturated rings. The molecule has 0 spiro atoms. The first-order valence-corrected chi connectivity index (χ1v) is 6.77. The van der Waals surface area contributed by atoms with Crippen molar-refractivity contribution in [3.8, 4) is 5.75 Å². The number of nitrogens with one attached hydrogen (secondary N) is 1. The second-order valence-corrected chi connectivity index (χ2v) is 5.34. The topological polar surface area (TPSA) is 24.5 Å². The van der Waals surface area contributed by atoms with E-state index in [0.717, 1.165) is 36.4 Å². The Balaban J connectivity index is 2.11. The first-order valence-electron chi connectivity index (χ1n) is 5.98. The van der Waals surface area contributed by atoms with Crippen molar-refractivity contribution < 1.29 is 4.74 Å². The summed E-state index contributed by atoms with van der Waals surface area (Å²) in [6.07, 6.45) is 0. The van der Waals surface area contributed by atoms with Gasteiger partial charge in [-0.1, -0.05) is 15.9 Å². The highest BCUT2D eigenvalue weighted by atomic mass is 79.9. The SMILES string of the molecule is COc1ccc(Br)c(CN2CCNCC2C)c1. The van der Waals surface area contributed by atoms with Crippen LogP contribution in [0.25, 0.3) is 0 Å². The molecular formula is C13H19BrN2O. The summed E-state index contributed by atoms with van der Waals surface area (Å²) in [6, 6.07) is 6.73. The minimum absolute atomic E-state index is 0.585. The van der Waals surface area contributed by atoms with Crippen LogP contribution >= 0.6 is 15.9 Å². The summed E-state index contributed by atoms with van der Waals surface area (Å²) in [5.74, 6) is 0.922. The summed E-state index contributed by atoms with van der Waals surface area (Å²) < 4.78 is 6.43. The number of hydrogen-bond acceptors (Lipinski definition) is 3. The Morgan fingerprint density at radius 1 is 1.53 bits per heavy atom. The lowest BCUT2D eigenvalue weighted by Crippen LogP contribution is -2.49. The molecule has 2 rings (SSSR count). The van der Waals surface area contributed by atoms with Gasteiger partial charge in [0.1, 0.15) is 5.75 Å². The molecule has 1 saturated heterocycles. The van der Waals surface area contributed by atoms with E-state index in [0.29, 0.717) is 6.04 Å². The number of rotatable bonds is 3. The minimum Gasteiger partial charge on any atom is -0.497 e. The Labute approximate surface area is 111 Å². The quantitative estimate of drug-likeness (QED) is 0.926. The molecule has 3 nitrogen and oxygen atoms in total. The zero-order valence-corrected chi connectivity index (χ0v) is 12.0. The summed E-state index contributed by atoms with van der Waals surface area (Å²) in [6.45, 7) is 6.49. The molecule has 1 heterocycles. The Morgan fingerprint density at radius 3 is 3.06 bits per heavy atom. The van der Waals surface area contributed by atoms with Crippen LogP contribution in [-0.2, 0) is 6.54 Å². The molecule has 0 aliphatic carbocycles. The number of halogens is 1. The van der Waals surface area contributed by atoms with Crippen LogP contribution in [0.15, 0.2) is 22.7 Å². The van der Waals surface area contributed by atoms with E-state index >= 15 is 0 Å². The van der Waals surface area contributed by atoms with E-state index in [4.69, 9.17) is 4.74 Å². The van der Waals surface area contributed by atoms with Gasteiger partial charge in [-0.15, -0.1) is 0 Å². The predicted molar refractivity (Wildman–Crippen MR) is 73.4 cm³/mol. The van der Waals surface area contributed by atoms with Crippen LogP contribution in [0.5, 0.6) is 5.75 Å². The third-order valence-corrected chi connectivity index (χ3v) is 4.04. The van der Waals surface area contributed by atoms with Gasteiger partial charge < -0.3 is 10.1 Å². The highest BCUT2D eigenvalue weighted by Crippen LogP contribution is 2.24. The lowest BCUT2D eigenvalue weighted by Gasteiger charge is -2.34. The lowest BCUT2D eigenvalue weighted by atomic mass is 10.1. The number of nitrogens with zero attached hydrogens (tertiary/aromatic N) is 1. The van der Waals surface area contributed by atoms with Gasteiger partial charge in [-0.05, 0) is 30.7 Å². The monoisotopic (exact) mass is 298 g/mol. The van der Waals surface area contributed by atoms with Crippen LogP contribution in [0.2, 0.25) is 0 Å². The lowest BCUT2D eigenvalue weighted by molar-refractivity contribution is 0.165. The predicted octanol–water partition coefficient (Wildman–Crippen LogP) is 2.25. The number of hydrogen-bond donors (Lipinski definition) is 1. The van der Waals surface area contributed by atoms with Crippen LogP contribution in [0.1, 0.15) is 12.5 Å². The molecule has 1 aromatic rings. The number of ether oxygens (including phenoxy) is 1. The average molecular weight is 299 g/mol. The average Bonchev–Trinajstić information content (AvgIpc) is 2.35. The number of piperazine rings is 1. The maximum absolute atomic E-state index is 5.27. The summed E-state index contributed by atoms with van der Waals surface area (Å²) in [5, 5.41) is 3.41. The Kier molecular flexibility index (Phi) is 4.42. The molecule has 0 aromatic heterocycles. The minimum atomic E-state index is 0.585. The van der Waals surface area contributed by atoms with Crippen molar-refractivity contribution in [2.45, 2.75) is 19.5 Å². The van der Waals surface area contributed by atoms with Gasteiger partial charge in [-0.25, -0.2) is 0 Å². The Hall–Kier alpha value is -0.580. The highest BCUT2D eigenvalue weighted by Gasteiger charge is 2.18. The number of methoxy groups -OCH3 is 1. The van der Waals surface area contributed by atoms with Gasteiger partial charge in [-0.2, -0.15) is 0 Å². The van der Waals surface area contributed by atoms with Crippen LogP contribution in [0, 0.1) is 0 Å². The first-order chi connectivity index (χ1) is 8.20. The third kappa shape index (κ3) is 3.21. The van der Waals surface area contributed by atoms with Gasteiger partial charge in [0.05, 0.1) is 7.11 Å². The molecule has 1 aliphatic rings. The fourth-order valence-electron chi connectivity index (χ4n) is 2.14. The molecule has 1 unspecified atom stereocenters. The molecule has 1 N–H and O–H groups in total. The Morgan fingerprint density at radius 2 is 2.35 bits per heavy atom. The fourth-order valence-corrected chi connectivity index (χ4v) is 2.51. The van der Waals surface area contributed by atoms with Gasteiger partial charge in [0.25, 0.3) is 0 Å². The summed E-state index contributed by atoms with van der Waals surface area (Å²) in [4.78, 5) is 2.50. The third-order valence-electron chi connectivity index (χ3n) is 3.27. The van der Waals surface area contributed by atoms with Gasteiger partial charge in [0, 0.05) is 36.7 Å². The van der Waals surface area contributed by atoms with Crippen molar-refractivity contribution in [3.05, 3.63) is 28.2 Å². The number of benzene rings is 1. The summed E-state index contributed by atoms with van der Waals surface area (Å²) in [5.41, 5.74) is 1.29.